The Morgan fingerprint density at radius 2 is 1.90 bits per heavy atom. The van der Waals surface area contributed by atoms with Crippen molar-refractivity contribution in [3.8, 4) is 0 Å². The zero-order valence-electron chi connectivity index (χ0n) is 13.2. The Bertz CT molecular complexity index is 441. The molecular weight excluding hydrogens is 248 g/mol. The first-order valence-electron chi connectivity index (χ1n) is 8.67. The fourth-order valence-electron chi connectivity index (χ4n) is 6.00. The van der Waals surface area contributed by atoms with Gasteiger partial charge in [-0.25, -0.2) is 0 Å². The highest BCUT2D eigenvalue weighted by molar-refractivity contribution is 5.78. The second-order valence-corrected chi connectivity index (χ2v) is 8.48. The zero-order valence-corrected chi connectivity index (χ0v) is 13.2. The molecule has 4 fully saturated rings. The van der Waals surface area contributed by atoms with Crippen molar-refractivity contribution in [1.82, 2.24) is 0 Å². The van der Waals surface area contributed by atoms with E-state index in [0.29, 0.717) is 29.1 Å². The van der Waals surface area contributed by atoms with Gasteiger partial charge in [0.25, 0.3) is 0 Å². The Labute approximate surface area is 122 Å². The predicted octanol–water partition coefficient (Wildman–Crippen LogP) is 3.98. The molecule has 112 valence electrons. The monoisotopic (exact) mass is 276 g/mol. The number of carbonyl (C=O) groups is 1. The molecule has 6 atom stereocenters. The number of carbonyl (C=O) groups excluding carboxylic acids is 1. The number of epoxide rings is 1. The summed E-state index contributed by atoms with van der Waals surface area (Å²) in [6.07, 6.45) is 7.98. The molecule has 0 bridgehead atoms. The molecule has 1 aliphatic heterocycles. The summed E-state index contributed by atoms with van der Waals surface area (Å²) in [5, 5.41) is 0. The SMILES string of the molecule is C[C@H]1CC2C([C@@H]3CCC(=O)CCCCC4O[C@]413)C2(C)C. The summed E-state index contributed by atoms with van der Waals surface area (Å²) in [5.41, 5.74) is 0.651. The van der Waals surface area contributed by atoms with E-state index in [1.165, 1.54) is 19.3 Å². The Balaban J connectivity index is 1.63. The third-order valence-corrected chi connectivity index (χ3v) is 7.23. The van der Waals surface area contributed by atoms with Crippen LogP contribution in [-0.2, 0) is 9.53 Å². The molecule has 4 aliphatic rings. The minimum atomic E-state index is 0.159. The van der Waals surface area contributed by atoms with E-state index in [9.17, 15) is 4.79 Å². The molecule has 4 rings (SSSR count). The van der Waals surface area contributed by atoms with Crippen LogP contribution in [0.3, 0.4) is 0 Å². The van der Waals surface area contributed by atoms with Crippen LogP contribution in [0.15, 0.2) is 0 Å². The minimum absolute atomic E-state index is 0.159. The van der Waals surface area contributed by atoms with E-state index in [1.54, 1.807) is 0 Å². The third-order valence-electron chi connectivity index (χ3n) is 7.23. The van der Waals surface area contributed by atoms with Gasteiger partial charge in [-0.05, 0) is 54.8 Å². The number of rotatable bonds is 0. The molecule has 2 nitrogen and oxygen atoms in total. The van der Waals surface area contributed by atoms with Gasteiger partial charge in [0.15, 0.2) is 0 Å². The molecule has 0 aromatic rings. The maximum Gasteiger partial charge on any atom is 0.132 e. The van der Waals surface area contributed by atoms with Crippen molar-refractivity contribution in [2.45, 2.75) is 77.4 Å². The van der Waals surface area contributed by atoms with Crippen LogP contribution in [0.2, 0.25) is 0 Å². The van der Waals surface area contributed by atoms with E-state index >= 15 is 0 Å². The first-order valence-corrected chi connectivity index (χ1v) is 8.67. The van der Waals surface area contributed by atoms with Crippen LogP contribution < -0.4 is 0 Å². The summed E-state index contributed by atoms with van der Waals surface area (Å²) in [5.74, 6) is 3.53. The van der Waals surface area contributed by atoms with Gasteiger partial charge >= 0.3 is 0 Å². The highest BCUT2D eigenvalue weighted by Crippen LogP contribution is 2.75. The number of ether oxygens (including phenoxy) is 1. The molecular formula is C18H28O2. The average molecular weight is 276 g/mol. The van der Waals surface area contributed by atoms with Crippen LogP contribution in [0.25, 0.3) is 0 Å². The van der Waals surface area contributed by atoms with E-state index < -0.39 is 0 Å². The largest absolute Gasteiger partial charge is 0.365 e. The van der Waals surface area contributed by atoms with Gasteiger partial charge < -0.3 is 4.74 Å². The van der Waals surface area contributed by atoms with Crippen LogP contribution in [0.5, 0.6) is 0 Å². The first-order chi connectivity index (χ1) is 9.48. The zero-order chi connectivity index (χ0) is 14.1. The summed E-state index contributed by atoms with van der Waals surface area (Å²) in [7, 11) is 0. The van der Waals surface area contributed by atoms with E-state index in [1.807, 2.05) is 0 Å². The molecule has 0 aromatic heterocycles. The van der Waals surface area contributed by atoms with Crippen LogP contribution in [-0.4, -0.2) is 17.5 Å². The van der Waals surface area contributed by atoms with Gasteiger partial charge in [-0.2, -0.15) is 0 Å². The Hall–Kier alpha value is -0.370. The molecule has 1 saturated heterocycles. The van der Waals surface area contributed by atoms with Crippen molar-refractivity contribution >= 4 is 5.78 Å². The predicted molar refractivity (Wildman–Crippen MR) is 78.3 cm³/mol. The number of hydrogen-bond acceptors (Lipinski definition) is 2. The Kier molecular flexibility index (Phi) is 2.72. The maximum atomic E-state index is 12.0. The number of hydrogen-bond donors (Lipinski definition) is 0. The van der Waals surface area contributed by atoms with Gasteiger partial charge in [0, 0.05) is 12.8 Å². The van der Waals surface area contributed by atoms with Crippen molar-refractivity contribution in [3.63, 3.8) is 0 Å². The van der Waals surface area contributed by atoms with Gasteiger partial charge in [0.1, 0.15) is 11.4 Å². The molecule has 0 aromatic carbocycles. The lowest BCUT2D eigenvalue weighted by Gasteiger charge is -2.35. The lowest BCUT2D eigenvalue weighted by molar-refractivity contribution is -0.119. The summed E-state index contributed by atoms with van der Waals surface area (Å²) in [4.78, 5) is 12.0. The van der Waals surface area contributed by atoms with Crippen LogP contribution >= 0.6 is 0 Å². The highest BCUT2D eigenvalue weighted by atomic mass is 16.6. The fraction of sp³-hybridized carbons (Fsp3) is 0.944. The van der Waals surface area contributed by atoms with Gasteiger partial charge in [-0.3, -0.25) is 4.79 Å². The second kappa shape index (κ2) is 4.09. The summed E-state index contributed by atoms with van der Waals surface area (Å²) < 4.78 is 6.37. The maximum absolute atomic E-state index is 12.0. The molecule has 3 unspecified atom stereocenters. The first kappa shape index (κ1) is 13.3. The molecule has 3 saturated carbocycles. The van der Waals surface area contributed by atoms with Crippen molar-refractivity contribution in [3.05, 3.63) is 0 Å². The van der Waals surface area contributed by atoms with Crippen LogP contribution in [0.4, 0.5) is 0 Å². The van der Waals surface area contributed by atoms with Crippen molar-refractivity contribution in [1.29, 1.82) is 0 Å². The lowest BCUT2D eigenvalue weighted by Crippen LogP contribution is -2.40. The van der Waals surface area contributed by atoms with Gasteiger partial charge in [0.05, 0.1) is 6.10 Å². The molecule has 2 heteroatoms. The van der Waals surface area contributed by atoms with Gasteiger partial charge in [-0.1, -0.05) is 27.2 Å². The van der Waals surface area contributed by atoms with Crippen molar-refractivity contribution < 1.29 is 9.53 Å². The summed E-state index contributed by atoms with van der Waals surface area (Å²) >= 11 is 0. The Morgan fingerprint density at radius 1 is 1.10 bits per heavy atom. The average Bonchev–Trinajstić information content (AvgIpc) is 3.23. The quantitative estimate of drug-likeness (QED) is 0.626. The molecule has 0 amide bonds. The second-order valence-electron chi connectivity index (χ2n) is 8.48. The van der Waals surface area contributed by atoms with E-state index in [-0.39, 0.29) is 5.60 Å². The normalized spacial score (nSPS) is 53.4. The molecule has 20 heavy (non-hydrogen) atoms. The topological polar surface area (TPSA) is 29.6 Å². The molecule has 0 radical (unpaired) electrons. The standard InChI is InChI=1S/C18H28O2/c1-11-10-14-16(17(14,2)3)13-9-8-12(19)6-4-5-7-15-18(11,13)20-15/h11,13-16H,4-10H2,1-3H3/t11-,13-,14?,15?,16?,18+/m0/s1. The number of fused-ring (bicyclic) bond motifs is 2. The Morgan fingerprint density at radius 3 is 2.70 bits per heavy atom. The van der Waals surface area contributed by atoms with Crippen LogP contribution in [0, 0.1) is 29.1 Å². The van der Waals surface area contributed by atoms with Crippen molar-refractivity contribution in [2.75, 3.05) is 0 Å². The lowest BCUT2D eigenvalue weighted by atomic mass is 9.67. The summed E-state index contributed by atoms with van der Waals surface area (Å²) in [6.45, 7) is 7.28. The molecule has 1 heterocycles. The van der Waals surface area contributed by atoms with Gasteiger partial charge in [-0.15, -0.1) is 0 Å². The number of ketones is 1. The fourth-order valence-corrected chi connectivity index (χ4v) is 6.00. The highest BCUT2D eigenvalue weighted by Gasteiger charge is 2.76. The van der Waals surface area contributed by atoms with Crippen LogP contribution in [0.1, 0.15) is 65.7 Å². The molecule has 3 aliphatic carbocycles. The molecule has 1 spiro atoms. The number of Topliss-reactive ketones (excluding diaryl/α,β-unsaturated/α-hetero) is 1. The minimum Gasteiger partial charge on any atom is -0.365 e. The van der Waals surface area contributed by atoms with E-state index in [4.69, 9.17) is 4.74 Å². The smallest absolute Gasteiger partial charge is 0.132 e. The third kappa shape index (κ3) is 1.63. The molecule has 0 N–H and O–H groups in total. The van der Waals surface area contributed by atoms with Crippen molar-refractivity contribution in [2.24, 2.45) is 29.1 Å². The summed E-state index contributed by atoms with van der Waals surface area (Å²) in [6, 6.07) is 0. The van der Waals surface area contributed by atoms with Gasteiger partial charge in [0.2, 0.25) is 0 Å². The van der Waals surface area contributed by atoms with E-state index in [0.717, 1.165) is 37.5 Å². The van der Waals surface area contributed by atoms with E-state index in [2.05, 4.69) is 20.8 Å².